The zero-order chi connectivity index (χ0) is 20.3. The second kappa shape index (κ2) is 7.26. The first kappa shape index (κ1) is 19.9. The first-order valence-corrected chi connectivity index (χ1v) is 11.9. The van der Waals surface area contributed by atoms with Gasteiger partial charge in [-0.2, -0.15) is 5.01 Å². The summed E-state index contributed by atoms with van der Waals surface area (Å²) >= 11 is 19.0. The van der Waals surface area contributed by atoms with E-state index in [1.54, 1.807) is 24.3 Å². The van der Waals surface area contributed by atoms with E-state index in [1.165, 1.54) is 24.3 Å². The number of rotatable bonds is 3. The predicted octanol–water partition coefficient (Wildman–Crippen LogP) is 5.44. The minimum atomic E-state index is -0.339. The zero-order valence-electron chi connectivity index (χ0n) is 15.6. The van der Waals surface area contributed by atoms with Crippen molar-refractivity contribution in [3.05, 3.63) is 38.7 Å². The number of carbonyl (C=O) groups excluding carboxylic acids is 2. The number of nitrogens with zero attached hydrogens (tertiary/aromatic N) is 1. The average Bonchev–Trinajstić information content (AvgIpc) is 2.91. The molecule has 6 rings (SSSR count). The maximum Gasteiger partial charge on any atom is 0.285 e. The number of amides is 2. The van der Waals surface area contributed by atoms with Gasteiger partial charge in [-0.25, -0.2) is 0 Å². The van der Waals surface area contributed by atoms with E-state index < -0.39 is 0 Å². The third kappa shape index (κ3) is 3.42. The van der Waals surface area contributed by atoms with Gasteiger partial charge in [0.05, 0.1) is 10.3 Å². The van der Waals surface area contributed by atoms with E-state index in [2.05, 4.69) is 5.43 Å². The van der Waals surface area contributed by atoms with E-state index in [-0.39, 0.29) is 17.2 Å². The normalized spacial score (nSPS) is 34.3. The smallest absolute Gasteiger partial charge is 0.273 e. The van der Waals surface area contributed by atoms with Gasteiger partial charge >= 0.3 is 0 Å². The summed E-state index contributed by atoms with van der Waals surface area (Å²) in [5.74, 6) is 1.57. The lowest BCUT2D eigenvalue weighted by molar-refractivity contribution is -0.152. The Bertz CT molecular complexity index is 906. The molecule has 2 amide bonds. The molecule has 1 heterocycles. The molecule has 29 heavy (non-hydrogen) atoms. The van der Waals surface area contributed by atoms with Crippen molar-refractivity contribution >= 4 is 69.4 Å². The van der Waals surface area contributed by atoms with Gasteiger partial charge in [0.25, 0.3) is 5.91 Å². The fraction of sp³-hybridized carbons (Fsp3) is 0.476. The molecule has 0 unspecified atom stereocenters. The van der Waals surface area contributed by atoms with Crippen LogP contribution in [0.2, 0.25) is 10.0 Å². The van der Waals surface area contributed by atoms with Crippen LogP contribution in [-0.2, 0) is 9.59 Å². The predicted molar refractivity (Wildman–Crippen MR) is 120 cm³/mol. The molecule has 152 valence electrons. The highest BCUT2D eigenvalue weighted by molar-refractivity contribution is 8.26. The Morgan fingerprint density at radius 1 is 1.14 bits per heavy atom. The van der Waals surface area contributed by atoms with Gasteiger partial charge in [0.2, 0.25) is 5.91 Å². The number of halogens is 2. The number of hydrogen-bond donors (Lipinski definition) is 1. The fourth-order valence-corrected chi connectivity index (χ4v) is 7.62. The molecule has 0 atom stereocenters. The minimum Gasteiger partial charge on any atom is -0.273 e. The summed E-state index contributed by atoms with van der Waals surface area (Å²) in [4.78, 5) is 26.6. The summed E-state index contributed by atoms with van der Waals surface area (Å²) in [6.07, 6.45) is 8.22. The van der Waals surface area contributed by atoms with E-state index in [0.717, 1.165) is 31.0 Å². The number of thiocarbonyl (C=S) groups is 1. The van der Waals surface area contributed by atoms with Gasteiger partial charge in [0.15, 0.2) is 4.32 Å². The molecule has 0 aromatic heterocycles. The van der Waals surface area contributed by atoms with Crippen LogP contribution in [0.4, 0.5) is 0 Å². The standard InChI is InChI=1S/C21H20Cl2N2O2S2/c22-15-2-1-3-16(23)14(15)7-17-18(26)25(20(28)29-17)24-19(27)21-8-11-4-12(9-21)6-13(5-11)10-21/h1-3,7,11-13H,4-6,8-10H2,(H,24,27)/b17-7+. The lowest BCUT2D eigenvalue weighted by Gasteiger charge is -2.55. The van der Waals surface area contributed by atoms with Crippen LogP contribution in [0.3, 0.4) is 0 Å². The highest BCUT2D eigenvalue weighted by Gasteiger charge is 2.55. The van der Waals surface area contributed by atoms with Crippen LogP contribution in [0.5, 0.6) is 0 Å². The van der Waals surface area contributed by atoms with Crippen molar-refractivity contribution in [2.24, 2.45) is 23.2 Å². The van der Waals surface area contributed by atoms with Crippen LogP contribution in [-0.4, -0.2) is 21.1 Å². The van der Waals surface area contributed by atoms with Crippen LogP contribution in [0.1, 0.15) is 44.1 Å². The second-order valence-corrected chi connectivity index (χ2v) is 11.3. The summed E-state index contributed by atoms with van der Waals surface area (Å²) in [5.41, 5.74) is 3.09. The molecule has 5 aliphatic rings. The van der Waals surface area contributed by atoms with Crippen LogP contribution in [0, 0.1) is 23.2 Å². The van der Waals surface area contributed by atoms with E-state index in [1.807, 2.05) is 0 Å². The molecule has 1 N–H and O–H groups in total. The van der Waals surface area contributed by atoms with Gasteiger partial charge in [0.1, 0.15) is 0 Å². The van der Waals surface area contributed by atoms with Gasteiger partial charge < -0.3 is 0 Å². The Balaban J connectivity index is 1.36. The lowest BCUT2D eigenvalue weighted by Crippen LogP contribution is -2.57. The molecular formula is C21H20Cl2N2O2S2. The lowest BCUT2D eigenvalue weighted by atomic mass is 9.49. The molecule has 1 aromatic rings. The molecule has 0 radical (unpaired) electrons. The topological polar surface area (TPSA) is 49.4 Å². The largest absolute Gasteiger partial charge is 0.285 e. The number of nitrogens with one attached hydrogen (secondary N) is 1. The third-order valence-corrected chi connectivity index (χ3v) is 8.76. The molecule has 4 saturated carbocycles. The highest BCUT2D eigenvalue weighted by atomic mass is 35.5. The Hall–Kier alpha value is -1.08. The van der Waals surface area contributed by atoms with Crippen LogP contribution in [0.25, 0.3) is 6.08 Å². The Morgan fingerprint density at radius 3 is 2.24 bits per heavy atom. The summed E-state index contributed by atoms with van der Waals surface area (Å²) in [5, 5.41) is 2.14. The van der Waals surface area contributed by atoms with Gasteiger partial charge in [-0.1, -0.05) is 41.0 Å². The monoisotopic (exact) mass is 466 g/mol. The molecule has 4 aliphatic carbocycles. The van der Waals surface area contributed by atoms with Gasteiger partial charge in [-0.15, -0.1) is 0 Å². The summed E-state index contributed by atoms with van der Waals surface area (Å²) in [6, 6.07) is 5.18. The molecule has 4 bridgehead atoms. The summed E-state index contributed by atoms with van der Waals surface area (Å²) in [7, 11) is 0. The van der Waals surface area contributed by atoms with Crippen molar-refractivity contribution in [2.45, 2.75) is 38.5 Å². The van der Waals surface area contributed by atoms with Crippen molar-refractivity contribution in [1.29, 1.82) is 0 Å². The van der Waals surface area contributed by atoms with Crippen LogP contribution >= 0.6 is 47.2 Å². The molecule has 0 spiro atoms. The average molecular weight is 467 g/mol. The Morgan fingerprint density at radius 2 is 1.69 bits per heavy atom. The molecule has 1 aromatic carbocycles. The van der Waals surface area contributed by atoms with E-state index in [9.17, 15) is 9.59 Å². The number of hydrogen-bond acceptors (Lipinski definition) is 4. The van der Waals surface area contributed by atoms with Crippen molar-refractivity contribution in [1.82, 2.24) is 10.4 Å². The van der Waals surface area contributed by atoms with E-state index in [0.29, 0.717) is 42.6 Å². The van der Waals surface area contributed by atoms with Gasteiger partial charge in [-0.3, -0.25) is 15.0 Å². The van der Waals surface area contributed by atoms with Gasteiger partial charge in [-0.05, 0) is 86.7 Å². The number of thioether (sulfide) groups is 1. The molecule has 8 heteroatoms. The van der Waals surface area contributed by atoms with Crippen LogP contribution < -0.4 is 5.43 Å². The molecule has 4 nitrogen and oxygen atoms in total. The maximum atomic E-state index is 13.3. The Labute approximate surface area is 189 Å². The number of hydrazine groups is 1. The van der Waals surface area contributed by atoms with Gasteiger partial charge in [0, 0.05) is 15.6 Å². The number of carbonyl (C=O) groups is 2. The first-order chi connectivity index (χ1) is 13.8. The number of benzene rings is 1. The second-order valence-electron chi connectivity index (χ2n) is 8.79. The quantitative estimate of drug-likeness (QED) is 0.475. The van der Waals surface area contributed by atoms with Crippen molar-refractivity contribution in [3.8, 4) is 0 Å². The Kier molecular flexibility index (Phi) is 4.97. The minimum absolute atomic E-state index is 0.0510. The third-order valence-electron chi connectivity index (χ3n) is 6.80. The maximum absolute atomic E-state index is 13.3. The van der Waals surface area contributed by atoms with Crippen LogP contribution in [0.15, 0.2) is 23.1 Å². The molecule has 5 fully saturated rings. The van der Waals surface area contributed by atoms with Crippen molar-refractivity contribution in [2.75, 3.05) is 0 Å². The van der Waals surface area contributed by atoms with Crippen molar-refractivity contribution < 1.29 is 9.59 Å². The zero-order valence-corrected chi connectivity index (χ0v) is 18.8. The molecular weight excluding hydrogens is 447 g/mol. The first-order valence-electron chi connectivity index (χ1n) is 9.88. The molecule has 1 saturated heterocycles. The molecule has 1 aliphatic heterocycles. The summed E-state index contributed by atoms with van der Waals surface area (Å²) < 4.78 is 0.322. The highest BCUT2D eigenvalue weighted by Crippen LogP contribution is 2.60. The van der Waals surface area contributed by atoms with Crippen molar-refractivity contribution in [3.63, 3.8) is 0 Å². The fourth-order valence-electron chi connectivity index (χ4n) is 5.95. The van der Waals surface area contributed by atoms with E-state index >= 15 is 0 Å². The summed E-state index contributed by atoms with van der Waals surface area (Å²) in [6.45, 7) is 0. The SMILES string of the molecule is O=C1/C(=C\c2c(Cl)cccc2Cl)SC(=S)N1NC(=O)C12CC3CC(CC(C3)C1)C2. The van der Waals surface area contributed by atoms with E-state index in [4.69, 9.17) is 35.4 Å².